The Bertz CT molecular complexity index is 349. The molecule has 5 heteroatoms. The largest absolute Gasteiger partial charge is 0.303 e. The topological polar surface area (TPSA) is 33.6 Å². The zero-order chi connectivity index (χ0) is 9.97. The minimum Gasteiger partial charge on any atom is -0.303 e. The number of H-pyrrole nitrogens is 1. The van der Waals surface area contributed by atoms with E-state index in [-0.39, 0.29) is 0 Å². The zero-order valence-corrected chi connectivity index (χ0v) is 9.96. The van der Waals surface area contributed by atoms with Crippen LogP contribution in [0, 0.1) is 4.77 Å². The quantitative estimate of drug-likeness (QED) is 0.809. The van der Waals surface area contributed by atoms with Crippen LogP contribution in [0.15, 0.2) is 0 Å². The van der Waals surface area contributed by atoms with Crippen molar-refractivity contribution in [3.8, 4) is 0 Å². The molecule has 0 saturated carbocycles. The molecule has 1 atom stereocenters. The van der Waals surface area contributed by atoms with E-state index in [4.69, 9.17) is 12.2 Å². The van der Waals surface area contributed by atoms with Gasteiger partial charge < -0.3 is 4.57 Å². The molecule has 1 aliphatic rings. The molecule has 3 nitrogen and oxygen atoms in total. The lowest BCUT2D eigenvalue weighted by atomic mass is 10.2. The fourth-order valence-electron chi connectivity index (χ4n) is 1.80. The van der Waals surface area contributed by atoms with Crippen LogP contribution in [0.2, 0.25) is 0 Å². The number of rotatable bonds is 3. The lowest BCUT2D eigenvalue weighted by molar-refractivity contribution is 0.617. The van der Waals surface area contributed by atoms with Gasteiger partial charge in [-0.3, -0.25) is 5.10 Å². The summed E-state index contributed by atoms with van der Waals surface area (Å²) in [5.41, 5.74) is 0. The van der Waals surface area contributed by atoms with Crippen LogP contribution in [0.5, 0.6) is 0 Å². The molecule has 1 aromatic rings. The van der Waals surface area contributed by atoms with Crippen molar-refractivity contribution in [2.45, 2.75) is 38.0 Å². The van der Waals surface area contributed by atoms with Crippen molar-refractivity contribution in [2.24, 2.45) is 0 Å². The number of aromatic amines is 1. The van der Waals surface area contributed by atoms with Gasteiger partial charge in [-0.05, 0) is 37.2 Å². The first-order valence-electron chi connectivity index (χ1n) is 5.09. The predicted octanol–water partition coefficient (Wildman–Crippen LogP) is 2.92. The fourth-order valence-corrected chi connectivity index (χ4v) is 3.31. The van der Waals surface area contributed by atoms with Gasteiger partial charge in [0, 0.05) is 6.54 Å². The van der Waals surface area contributed by atoms with Crippen molar-refractivity contribution in [3.63, 3.8) is 0 Å². The van der Waals surface area contributed by atoms with E-state index < -0.39 is 0 Å². The summed E-state index contributed by atoms with van der Waals surface area (Å²) in [5, 5.41) is 7.81. The Balaban J connectivity index is 2.27. The Morgan fingerprint density at radius 1 is 1.71 bits per heavy atom. The first-order valence-corrected chi connectivity index (χ1v) is 6.55. The van der Waals surface area contributed by atoms with Gasteiger partial charge in [-0.15, -0.1) is 0 Å². The van der Waals surface area contributed by atoms with E-state index in [0.717, 1.165) is 23.6 Å². The van der Waals surface area contributed by atoms with Crippen LogP contribution >= 0.6 is 24.0 Å². The summed E-state index contributed by atoms with van der Waals surface area (Å²) < 4.78 is 2.92. The highest BCUT2D eigenvalue weighted by Gasteiger charge is 2.22. The van der Waals surface area contributed by atoms with E-state index in [0.29, 0.717) is 5.25 Å². The van der Waals surface area contributed by atoms with E-state index >= 15 is 0 Å². The van der Waals surface area contributed by atoms with Gasteiger partial charge in [0.2, 0.25) is 0 Å². The second kappa shape index (κ2) is 4.49. The average Bonchev–Trinajstić information content (AvgIpc) is 2.77. The van der Waals surface area contributed by atoms with Gasteiger partial charge in [-0.25, -0.2) is 0 Å². The molecule has 2 rings (SSSR count). The number of hydrogen-bond acceptors (Lipinski definition) is 3. The lowest BCUT2D eigenvalue weighted by Crippen LogP contribution is -2.05. The Labute approximate surface area is 93.3 Å². The lowest BCUT2D eigenvalue weighted by Gasteiger charge is -2.09. The fraction of sp³-hybridized carbons (Fsp3) is 0.778. The second-order valence-corrected chi connectivity index (χ2v) is 5.24. The van der Waals surface area contributed by atoms with Crippen LogP contribution in [0.1, 0.15) is 37.3 Å². The van der Waals surface area contributed by atoms with Gasteiger partial charge >= 0.3 is 0 Å². The maximum atomic E-state index is 5.21. The van der Waals surface area contributed by atoms with Gasteiger partial charge in [0.15, 0.2) is 4.77 Å². The number of aromatic nitrogens is 3. The maximum Gasteiger partial charge on any atom is 0.195 e. The van der Waals surface area contributed by atoms with Gasteiger partial charge in [-0.1, -0.05) is 6.92 Å². The van der Waals surface area contributed by atoms with Crippen molar-refractivity contribution >= 4 is 24.0 Å². The van der Waals surface area contributed by atoms with E-state index in [1.54, 1.807) is 0 Å². The van der Waals surface area contributed by atoms with Gasteiger partial charge in [0.25, 0.3) is 0 Å². The maximum absolute atomic E-state index is 5.21. The molecule has 0 aromatic carbocycles. The highest BCUT2D eigenvalue weighted by atomic mass is 32.2. The number of hydrogen-bond donors (Lipinski definition) is 1. The highest BCUT2D eigenvalue weighted by Crippen LogP contribution is 2.38. The molecule has 1 unspecified atom stereocenters. The molecule has 1 fully saturated rings. The van der Waals surface area contributed by atoms with Crippen molar-refractivity contribution < 1.29 is 0 Å². The Morgan fingerprint density at radius 3 is 3.21 bits per heavy atom. The average molecular weight is 229 g/mol. The van der Waals surface area contributed by atoms with Crippen molar-refractivity contribution in [1.29, 1.82) is 0 Å². The Hall–Kier alpha value is -0.290. The second-order valence-electron chi connectivity index (χ2n) is 3.54. The van der Waals surface area contributed by atoms with Crippen molar-refractivity contribution in [3.05, 3.63) is 10.6 Å². The Kier molecular flexibility index (Phi) is 3.28. The third kappa shape index (κ3) is 1.88. The molecule has 1 aliphatic heterocycles. The standard InChI is InChI=1S/C9H15N3S2/c1-2-5-12-8(10-11-9(12)13)7-4-3-6-14-7/h7H,2-6H2,1H3,(H,11,13). The summed E-state index contributed by atoms with van der Waals surface area (Å²) >= 11 is 7.21. The molecule has 2 heterocycles. The molecule has 0 amide bonds. The van der Waals surface area contributed by atoms with Crippen LogP contribution in [0.25, 0.3) is 0 Å². The summed E-state index contributed by atoms with van der Waals surface area (Å²) in [5.74, 6) is 2.41. The molecule has 1 aromatic heterocycles. The SMILES string of the molecule is CCCn1c(C2CCCS2)n[nH]c1=S. The van der Waals surface area contributed by atoms with Crippen LogP contribution in [-0.4, -0.2) is 20.5 Å². The summed E-state index contributed by atoms with van der Waals surface area (Å²) in [7, 11) is 0. The van der Waals surface area contributed by atoms with E-state index in [9.17, 15) is 0 Å². The van der Waals surface area contributed by atoms with Crippen LogP contribution < -0.4 is 0 Å². The molecule has 1 N–H and O–H groups in total. The summed E-state index contributed by atoms with van der Waals surface area (Å²) in [6, 6.07) is 0. The van der Waals surface area contributed by atoms with Crippen LogP contribution in [0.3, 0.4) is 0 Å². The monoisotopic (exact) mass is 229 g/mol. The number of thioether (sulfide) groups is 1. The van der Waals surface area contributed by atoms with Gasteiger partial charge in [0.05, 0.1) is 5.25 Å². The molecule has 0 bridgehead atoms. The number of nitrogens with zero attached hydrogens (tertiary/aromatic N) is 2. The zero-order valence-electron chi connectivity index (χ0n) is 8.32. The predicted molar refractivity (Wildman–Crippen MR) is 62.1 cm³/mol. The van der Waals surface area contributed by atoms with Gasteiger partial charge in [0.1, 0.15) is 5.82 Å². The molecule has 0 spiro atoms. The van der Waals surface area contributed by atoms with Crippen molar-refractivity contribution in [2.75, 3.05) is 5.75 Å². The first kappa shape index (κ1) is 10.2. The van der Waals surface area contributed by atoms with E-state index in [1.165, 1.54) is 18.6 Å². The summed E-state index contributed by atoms with van der Waals surface area (Å²) in [4.78, 5) is 0. The summed E-state index contributed by atoms with van der Waals surface area (Å²) in [6.07, 6.45) is 3.66. The van der Waals surface area contributed by atoms with E-state index in [2.05, 4.69) is 21.7 Å². The molecule has 14 heavy (non-hydrogen) atoms. The molecular formula is C9H15N3S2. The minimum atomic E-state index is 0.564. The van der Waals surface area contributed by atoms with Gasteiger partial charge in [-0.2, -0.15) is 16.9 Å². The highest BCUT2D eigenvalue weighted by molar-refractivity contribution is 7.99. The Morgan fingerprint density at radius 2 is 2.57 bits per heavy atom. The molecule has 0 aliphatic carbocycles. The van der Waals surface area contributed by atoms with Crippen LogP contribution in [0.4, 0.5) is 0 Å². The number of nitrogens with one attached hydrogen (secondary N) is 1. The third-order valence-corrected chi connectivity index (χ3v) is 4.14. The third-order valence-electron chi connectivity index (χ3n) is 2.45. The van der Waals surface area contributed by atoms with Crippen molar-refractivity contribution in [1.82, 2.24) is 14.8 Å². The minimum absolute atomic E-state index is 0.564. The first-order chi connectivity index (χ1) is 6.83. The molecule has 0 radical (unpaired) electrons. The summed E-state index contributed by atoms with van der Waals surface area (Å²) in [6.45, 7) is 3.15. The van der Waals surface area contributed by atoms with E-state index in [1.807, 2.05) is 11.8 Å². The smallest absolute Gasteiger partial charge is 0.195 e. The molecule has 1 saturated heterocycles. The molecule has 78 valence electrons. The normalized spacial score (nSPS) is 21.6. The van der Waals surface area contributed by atoms with Crippen LogP contribution in [-0.2, 0) is 6.54 Å². The molecular weight excluding hydrogens is 214 g/mol.